The van der Waals surface area contributed by atoms with Gasteiger partial charge in [-0.1, -0.05) is 42.5 Å². The molecule has 1 aromatic carbocycles. The van der Waals surface area contributed by atoms with Crippen LogP contribution in [0.4, 0.5) is 4.79 Å². The summed E-state index contributed by atoms with van der Waals surface area (Å²) in [5, 5.41) is 8.69. The summed E-state index contributed by atoms with van der Waals surface area (Å²) in [7, 11) is 0. The normalized spacial score (nSPS) is 19.5. The van der Waals surface area contributed by atoms with Crippen LogP contribution in [0.3, 0.4) is 0 Å². The monoisotopic (exact) mass is 443 g/mol. The number of rotatable bonds is 6. The van der Waals surface area contributed by atoms with Crippen LogP contribution >= 0.6 is 35.0 Å². The molecule has 150 valence electrons. The molecule has 0 aromatic heterocycles. The van der Waals surface area contributed by atoms with Crippen LogP contribution in [0.25, 0.3) is 6.08 Å². The molecule has 1 saturated heterocycles. The number of carboxylic acid groups (broad SMARTS) is 1. The van der Waals surface area contributed by atoms with Crippen molar-refractivity contribution in [3.05, 3.63) is 32.6 Å². The average molecular weight is 444 g/mol. The molecule has 1 aromatic rings. The molecule has 6 nitrogen and oxygen atoms in total. The Kier molecular flexibility index (Phi) is 6.91. The van der Waals surface area contributed by atoms with E-state index in [1.807, 2.05) is 0 Å². The van der Waals surface area contributed by atoms with Gasteiger partial charge in [0.05, 0.1) is 15.0 Å². The van der Waals surface area contributed by atoms with E-state index in [4.69, 9.17) is 33.0 Å². The molecule has 1 saturated carbocycles. The lowest BCUT2D eigenvalue weighted by Gasteiger charge is -2.25. The number of carbonyl (C=O) groups is 3. The van der Waals surface area contributed by atoms with Gasteiger partial charge in [-0.25, -0.2) is 4.79 Å². The molecule has 2 fully saturated rings. The van der Waals surface area contributed by atoms with E-state index >= 15 is 0 Å². The molecule has 9 heteroatoms. The second-order valence-corrected chi connectivity index (χ2v) is 8.60. The minimum Gasteiger partial charge on any atom is -0.479 e. The fourth-order valence-electron chi connectivity index (χ4n) is 3.37. The van der Waals surface area contributed by atoms with E-state index in [-0.39, 0.29) is 26.9 Å². The maximum Gasteiger partial charge on any atom is 0.341 e. The van der Waals surface area contributed by atoms with Crippen LogP contribution in [-0.2, 0) is 9.59 Å². The maximum absolute atomic E-state index is 12.7. The van der Waals surface area contributed by atoms with Crippen molar-refractivity contribution in [2.75, 3.05) is 13.2 Å². The van der Waals surface area contributed by atoms with Crippen LogP contribution < -0.4 is 4.74 Å². The Bertz CT molecular complexity index is 813. The number of aliphatic carboxylic acids is 1. The number of thioether (sulfide) groups is 1. The summed E-state index contributed by atoms with van der Waals surface area (Å²) in [4.78, 5) is 37.2. The topological polar surface area (TPSA) is 83.9 Å². The Morgan fingerprint density at radius 1 is 1.21 bits per heavy atom. The van der Waals surface area contributed by atoms with E-state index in [9.17, 15) is 14.4 Å². The molecule has 2 amide bonds. The molecule has 3 rings (SSSR count). The lowest BCUT2D eigenvalue weighted by Crippen LogP contribution is -2.34. The summed E-state index contributed by atoms with van der Waals surface area (Å²) in [5.41, 5.74) is 0.529. The Balaban J connectivity index is 1.75. The number of imide groups is 1. The van der Waals surface area contributed by atoms with Crippen molar-refractivity contribution in [3.63, 3.8) is 0 Å². The predicted molar refractivity (Wildman–Crippen MR) is 109 cm³/mol. The standard InChI is InChI=1S/C19H19Cl2NO5S/c20-13-6-12(7-14(21)17(13)27-10-16(23)24)8-15-18(25)22(19(26)28-15)9-11-4-2-1-3-5-11/h6-8,11H,1-5,9-10H2,(H,23,24)/b15-8+. The Morgan fingerprint density at radius 2 is 1.86 bits per heavy atom. The second kappa shape index (κ2) is 9.20. The van der Waals surface area contributed by atoms with E-state index in [1.54, 1.807) is 6.08 Å². The van der Waals surface area contributed by atoms with Crippen LogP contribution in [0.1, 0.15) is 37.7 Å². The van der Waals surface area contributed by atoms with Gasteiger partial charge in [-0.3, -0.25) is 14.5 Å². The maximum atomic E-state index is 12.7. The SMILES string of the molecule is O=C(O)COc1c(Cl)cc(/C=C2/SC(=O)N(CC3CCCCC3)C2=O)cc1Cl. The molecule has 0 unspecified atom stereocenters. The number of nitrogens with zero attached hydrogens (tertiary/aromatic N) is 1. The highest BCUT2D eigenvalue weighted by atomic mass is 35.5. The van der Waals surface area contributed by atoms with Crippen molar-refractivity contribution in [1.82, 2.24) is 4.90 Å². The van der Waals surface area contributed by atoms with Gasteiger partial charge < -0.3 is 9.84 Å². The van der Waals surface area contributed by atoms with Gasteiger partial charge in [0, 0.05) is 6.54 Å². The lowest BCUT2D eigenvalue weighted by atomic mass is 9.89. The molecule has 1 aliphatic carbocycles. The third-order valence-electron chi connectivity index (χ3n) is 4.70. The molecule has 1 aliphatic heterocycles. The molecular weight excluding hydrogens is 425 g/mol. The fraction of sp³-hybridized carbons (Fsp3) is 0.421. The number of ether oxygens (including phenoxy) is 1. The second-order valence-electron chi connectivity index (χ2n) is 6.79. The van der Waals surface area contributed by atoms with Gasteiger partial charge in [-0.05, 0) is 54.3 Å². The zero-order chi connectivity index (χ0) is 20.3. The van der Waals surface area contributed by atoms with Gasteiger partial charge in [0.25, 0.3) is 11.1 Å². The minimum atomic E-state index is -1.15. The van der Waals surface area contributed by atoms with Gasteiger partial charge in [-0.2, -0.15) is 0 Å². The molecule has 0 spiro atoms. The molecule has 0 radical (unpaired) electrons. The van der Waals surface area contributed by atoms with Gasteiger partial charge in [0.2, 0.25) is 0 Å². The highest BCUT2D eigenvalue weighted by molar-refractivity contribution is 8.18. The van der Waals surface area contributed by atoms with Crippen LogP contribution in [0.15, 0.2) is 17.0 Å². The van der Waals surface area contributed by atoms with E-state index in [1.165, 1.54) is 23.5 Å². The van der Waals surface area contributed by atoms with Crippen molar-refractivity contribution in [2.24, 2.45) is 5.92 Å². The molecule has 1 heterocycles. The number of benzene rings is 1. The number of hydrogen-bond donors (Lipinski definition) is 1. The van der Waals surface area contributed by atoms with Gasteiger partial charge in [0.15, 0.2) is 12.4 Å². The smallest absolute Gasteiger partial charge is 0.341 e. The summed E-state index contributed by atoms with van der Waals surface area (Å²) in [6.45, 7) is -0.107. The summed E-state index contributed by atoms with van der Waals surface area (Å²) >= 11 is 13.1. The number of carbonyl (C=O) groups excluding carboxylic acids is 2. The largest absolute Gasteiger partial charge is 0.479 e. The average Bonchev–Trinajstić information content (AvgIpc) is 2.89. The first-order valence-corrected chi connectivity index (χ1v) is 10.5. The van der Waals surface area contributed by atoms with Crippen molar-refractivity contribution in [2.45, 2.75) is 32.1 Å². The molecule has 28 heavy (non-hydrogen) atoms. The number of hydrogen-bond acceptors (Lipinski definition) is 5. The van der Waals surface area contributed by atoms with E-state index in [2.05, 4.69) is 0 Å². The first-order chi connectivity index (χ1) is 13.3. The Hall–Kier alpha value is -1.70. The van der Waals surface area contributed by atoms with Gasteiger partial charge >= 0.3 is 5.97 Å². The first-order valence-electron chi connectivity index (χ1n) is 8.94. The van der Waals surface area contributed by atoms with Crippen LogP contribution in [0.5, 0.6) is 5.75 Å². The molecule has 1 N–H and O–H groups in total. The van der Waals surface area contributed by atoms with Crippen LogP contribution in [0.2, 0.25) is 10.0 Å². The Labute approximate surface area is 176 Å². The zero-order valence-electron chi connectivity index (χ0n) is 15.0. The van der Waals surface area contributed by atoms with E-state index < -0.39 is 12.6 Å². The van der Waals surface area contributed by atoms with Crippen molar-refractivity contribution < 1.29 is 24.2 Å². The highest BCUT2D eigenvalue weighted by Gasteiger charge is 2.36. The van der Waals surface area contributed by atoms with E-state index in [0.29, 0.717) is 22.9 Å². The first kappa shape index (κ1) is 21.0. The summed E-state index contributed by atoms with van der Waals surface area (Å²) in [6, 6.07) is 3.03. The van der Waals surface area contributed by atoms with Crippen molar-refractivity contribution in [3.8, 4) is 5.75 Å². The lowest BCUT2D eigenvalue weighted by molar-refractivity contribution is -0.139. The summed E-state index contributed by atoms with van der Waals surface area (Å²) < 4.78 is 5.08. The quantitative estimate of drug-likeness (QED) is 0.617. The third-order valence-corrected chi connectivity index (χ3v) is 6.17. The minimum absolute atomic E-state index is 0.0632. The fourth-order valence-corrected chi connectivity index (χ4v) is 4.83. The van der Waals surface area contributed by atoms with Gasteiger partial charge in [0.1, 0.15) is 0 Å². The third kappa shape index (κ3) is 5.01. The number of amides is 2. The predicted octanol–water partition coefficient (Wildman–Crippen LogP) is 5.07. The zero-order valence-corrected chi connectivity index (χ0v) is 17.3. The van der Waals surface area contributed by atoms with Crippen molar-refractivity contribution >= 4 is 58.2 Å². The van der Waals surface area contributed by atoms with Crippen molar-refractivity contribution in [1.29, 1.82) is 0 Å². The highest BCUT2D eigenvalue weighted by Crippen LogP contribution is 2.38. The molecule has 0 atom stereocenters. The summed E-state index contributed by atoms with van der Waals surface area (Å²) in [5.74, 6) is -1.02. The number of carboxylic acids is 1. The molecule has 2 aliphatic rings. The molecular formula is C19H19Cl2NO5S. The summed E-state index contributed by atoms with van der Waals surface area (Å²) in [6.07, 6.45) is 7.15. The number of halogens is 2. The van der Waals surface area contributed by atoms with Gasteiger partial charge in [-0.15, -0.1) is 0 Å². The van der Waals surface area contributed by atoms with Crippen LogP contribution in [-0.4, -0.2) is 40.3 Å². The van der Waals surface area contributed by atoms with Crippen LogP contribution in [0, 0.1) is 5.92 Å². The Morgan fingerprint density at radius 3 is 2.46 bits per heavy atom. The van der Waals surface area contributed by atoms with E-state index in [0.717, 1.165) is 37.4 Å². The molecule has 0 bridgehead atoms.